The van der Waals surface area contributed by atoms with Gasteiger partial charge in [0, 0.05) is 20.2 Å². The molecule has 2 heterocycles. The van der Waals surface area contributed by atoms with Gasteiger partial charge in [0.15, 0.2) is 5.69 Å². The van der Waals surface area contributed by atoms with E-state index in [0.717, 1.165) is 6.07 Å². The average molecular weight is 292 g/mol. The van der Waals surface area contributed by atoms with Crippen molar-refractivity contribution < 1.29 is 23.0 Å². The minimum Gasteiger partial charge on any atom is -0.388 e. The summed E-state index contributed by atoms with van der Waals surface area (Å²) in [6.45, 7) is 0.360. The van der Waals surface area contributed by atoms with Crippen molar-refractivity contribution >= 4 is 11.8 Å². The summed E-state index contributed by atoms with van der Waals surface area (Å²) in [7, 11) is 3.10. The predicted molar refractivity (Wildman–Crippen MR) is 65.6 cm³/mol. The van der Waals surface area contributed by atoms with E-state index in [4.69, 9.17) is 4.74 Å². The first-order chi connectivity index (χ1) is 9.27. The molecule has 0 bridgehead atoms. The Morgan fingerprint density at radius 2 is 2.05 bits per heavy atom. The molecule has 1 aromatic rings. The van der Waals surface area contributed by atoms with E-state index >= 15 is 0 Å². The first-order valence-corrected chi connectivity index (χ1v) is 5.93. The number of rotatable bonds is 3. The number of aromatic nitrogens is 2. The standard InChI is InChI=1S/C11H15F3N4O2/c1-18(2)10-16-8(11(12,13)14)3-9(17-10)15-6-4-20-5-7(6)19/h3,6-7,19H,4-5H2,1-2H3,(H,15,16,17)/t6-,7-/m0/s1. The van der Waals surface area contributed by atoms with Crippen LogP contribution in [0.3, 0.4) is 0 Å². The van der Waals surface area contributed by atoms with Gasteiger partial charge in [-0.3, -0.25) is 0 Å². The number of nitrogens with zero attached hydrogens (tertiary/aromatic N) is 3. The molecule has 9 heteroatoms. The smallest absolute Gasteiger partial charge is 0.388 e. The second-order valence-electron chi connectivity index (χ2n) is 4.69. The molecular weight excluding hydrogens is 277 g/mol. The zero-order chi connectivity index (χ0) is 14.9. The lowest BCUT2D eigenvalue weighted by molar-refractivity contribution is -0.141. The van der Waals surface area contributed by atoms with E-state index in [1.165, 1.54) is 4.90 Å². The number of alkyl halides is 3. The summed E-state index contributed by atoms with van der Waals surface area (Å²) in [5, 5.41) is 12.3. The number of nitrogens with one attached hydrogen (secondary N) is 1. The van der Waals surface area contributed by atoms with Crippen molar-refractivity contribution in [3.05, 3.63) is 11.8 Å². The average Bonchev–Trinajstić information content (AvgIpc) is 2.73. The van der Waals surface area contributed by atoms with Crippen molar-refractivity contribution in [3.8, 4) is 0 Å². The van der Waals surface area contributed by atoms with Gasteiger partial charge >= 0.3 is 6.18 Å². The highest BCUT2D eigenvalue weighted by atomic mass is 19.4. The van der Waals surface area contributed by atoms with Crippen LogP contribution in [-0.4, -0.2) is 54.5 Å². The first-order valence-electron chi connectivity index (χ1n) is 5.93. The normalized spacial score (nSPS) is 22.9. The zero-order valence-electron chi connectivity index (χ0n) is 11.0. The molecule has 1 saturated heterocycles. The van der Waals surface area contributed by atoms with Gasteiger partial charge in [0.05, 0.1) is 25.4 Å². The fourth-order valence-electron chi connectivity index (χ4n) is 1.72. The molecule has 1 aromatic heterocycles. The van der Waals surface area contributed by atoms with Gasteiger partial charge in [-0.15, -0.1) is 0 Å². The van der Waals surface area contributed by atoms with E-state index in [2.05, 4.69) is 15.3 Å². The summed E-state index contributed by atoms with van der Waals surface area (Å²) in [5.41, 5.74) is -1.04. The SMILES string of the molecule is CN(C)c1nc(N[C@H]2COC[C@@H]2O)cc(C(F)(F)F)n1. The molecule has 2 N–H and O–H groups in total. The molecule has 0 aromatic carbocycles. The molecule has 20 heavy (non-hydrogen) atoms. The van der Waals surface area contributed by atoms with Crippen LogP contribution in [0.1, 0.15) is 5.69 Å². The number of aliphatic hydroxyl groups excluding tert-OH is 1. The predicted octanol–water partition coefficient (Wildman–Crippen LogP) is 0.733. The highest BCUT2D eigenvalue weighted by Gasteiger charge is 2.34. The number of halogens is 3. The zero-order valence-corrected chi connectivity index (χ0v) is 11.0. The van der Waals surface area contributed by atoms with Crippen molar-refractivity contribution in [3.63, 3.8) is 0 Å². The van der Waals surface area contributed by atoms with Crippen molar-refractivity contribution in [2.75, 3.05) is 37.5 Å². The maximum atomic E-state index is 12.8. The Morgan fingerprint density at radius 1 is 1.35 bits per heavy atom. The lowest BCUT2D eigenvalue weighted by Gasteiger charge is -2.19. The van der Waals surface area contributed by atoms with Crippen molar-refractivity contribution in [2.24, 2.45) is 0 Å². The maximum absolute atomic E-state index is 12.8. The quantitative estimate of drug-likeness (QED) is 0.856. The maximum Gasteiger partial charge on any atom is 0.433 e. The lowest BCUT2D eigenvalue weighted by Crippen LogP contribution is -2.32. The highest BCUT2D eigenvalue weighted by Crippen LogP contribution is 2.30. The molecule has 0 saturated carbocycles. The molecule has 2 atom stereocenters. The summed E-state index contributed by atoms with van der Waals surface area (Å²) in [5.74, 6) is -0.0543. The summed E-state index contributed by atoms with van der Waals surface area (Å²) >= 11 is 0. The minimum absolute atomic E-state index is 0.00516. The Morgan fingerprint density at radius 3 is 2.55 bits per heavy atom. The van der Waals surface area contributed by atoms with Gasteiger partial charge in [-0.2, -0.15) is 18.2 Å². The van der Waals surface area contributed by atoms with Crippen LogP contribution in [0.25, 0.3) is 0 Å². The van der Waals surface area contributed by atoms with Crippen molar-refractivity contribution in [1.82, 2.24) is 9.97 Å². The summed E-state index contributed by atoms with van der Waals surface area (Å²) in [6.07, 6.45) is -5.34. The van der Waals surface area contributed by atoms with Gasteiger partial charge in [0.1, 0.15) is 5.82 Å². The van der Waals surface area contributed by atoms with Crippen molar-refractivity contribution in [1.29, 1.82) is 0 Å². The van der Waals surface area contributed by atoms with E-state index in [-0.39, 0.29) is 25.0 Å². The number of aliphatic hydroxyl groups is 1. The molecule has 0 radical (unpaired) electrons. The Kier molecular flexibility index (Phi) is 4.00. The fourth-order valence-corrected chi connectivity index (χ4v) is 1.72. The van der Waals surface area contributed by atoms with E-state index in [1.807, 2.05) is 0 Å². The molecule has 2 rings (SSSR count). The lowest BCUT2D eigenvalue weighted by atomic mass is 10.2. The Labute approximate surface area is 113 Å². The Balaban J connectivity index is 2.29. The second-order valence-corrected chi connectivity index (χ2v) is 4.69. The molecule has 0 unspecified atom stereocenters. The van der Waals surface area contributed by atoms with Crippen molar-refractivity contribution in [2.45, 2.75) is 18.3 Å². The summed E-state index contributed by atoms with van der Waals surface area (Å²) < 4.78 is 43.4. The van der Waals surface area contributed by atoms with E-state index in [9.17, 15) is 18.3 Å². The van der Waals surface area contributed by atoms with E-state index < -0.39 is 24.0 Å². The highest BCUT2D eigenvalue weighted by molar-refractivity contribution is 5.44. The molecule has 1 aliphatic rings. The molecule has 0 aliphatic carbocycles. The molecule has 1 aliphatic heterocycles. The van der Waals surface area contributed by atoms with Gasteiger partial charge in [-0.1, -0.05) is 0 Å². The van der Waals surface area contributed by atoms with Gasteiger partial charge < -0.3 is 20.1 Å². The van der Waals surface area contributed by atoms with Crippen LogP contribution < -0.4 is 10.2 Å². The fraction of sp³-hybridized carbons (Fsp3) is 0.636. The number of anilines is 2. The molecule has 0 spiro atoms. The van der Waals surface area contributed by atoms with Crippen LogP contribution in [0.5, 0.6) is 0 Å². The first kappa shape index (κ1) is 14.8. The van der Waals surface area contributed by atoms with E-state index in [1.54, 1.807) is 14.1 Å². The minimum atomic E-state index is -4.56. The number of hydrogen-bond acceptors (Lipinski definition) is 6. The molecular formula is C11H15F3N4O2. The Hall–Kier alpha value is -1.61. The Bertz CT molecular complexity index is 481. The monoisotopic (exact) mass is 292 g/mol. The third-order valence-corrected chi connectivity index (χ3v) is 2.79. The summed E-state index contributed by atoms with van der Waals surface area (Å²) in [4.78, 5) is 8.81. The second kappa shape index (κ2) is 5.41. The van der Waals surface area contributed by atoms with Gasteiger partial charge in [0.25, 0.3) is 0 Å². The van der Waals surface area contributed by atoms with Crippen LogP contribution in [0.2, 0.25) is 0 Å². The van der Waals surface area contributed by atoms with Gasteiger partial charge in [0.2, 0.25) is 5.95 Å². The molecule has 112 valence electrons. The molecule has 6 nitrogen and oxygen atoms in total. The largest absolute Gasteiger partial charge is 0.433 e. The molecule has 0 amide bonds. The third kappa shape index (κ3) is 3.28. The molecule has 1 fully saturated rings. The third-order valence-electron chi connectivity index (χ3n) is 2.79. The van der Waals surface area contributed by atoms with Gasteiger partial charge in [-0.05, 0) is 0 Å². The number of hydrogen-bond donors (Lipinski definition) is 2. The number of ether oxygens (including phenoxy) is 1. The van der Waals surface area contributed by atoms with Gasteiger partial charge in [-0.25, -0.2) is 4.98 Å². The summed E-state index contributed by atoms with van der Waals surface area (Å²) in [6, 6.07) is 0.332. The van der Waals surface area contributed by atoms with E-state index in [0.29, 0.717) is 0 Å². The topological polar surface area (TPSA) is 70.5 Å². The van der Waals surface area contributed by atoms with Crippen LogP contribution >= 0.6 is 0 Å². The van der Waals surface area contributed by atoms with Crippen LogP contribution in [0, 0.1) is 0 Å². The van der Waals surface area contributed by atoms with Crippen LogP contribution in [-0.2, 0) is 10.9 Å². The van der Waals surface area contributed by atoms with Crippen LogP contribution in [0.15, 0.2) is 6.07 Å². The van der Waals surface area contributed by atoms with Crippen LogP contribution in [0.4, 0.5) is 24.9 Å².